The zero-order valence-electron chi connectivity index (χ0n) is 8.42. The number of carboxylic acid groups (broad SMARTS) is 1. The van der Waals surface area contributed by atoms with Gasteiger partial charge in [-0.3, -0.25) is 4.79 Å². The maximum Gasteiger partial charge on any atom is 0.303 e. The summed E-state index contributed by atoms with van der Waals surface area (Å²) in [5, 5.41) is 8.58. The van der Waals surface area contributed by atoms with Crippen molar-refractivity contribution in [2.75, 3.05) is 18.8 Å². The molecule has 0 amide bonds. The molecule has 0 spiro atoms. The predicted octanol–water partition coefficient (Wildman–Crippen LogP) is 0.299. The summed E-state index contributed by atoms with van der Waals surface area (Å²) in [6.45, 7) is 4.13. The molecule has 1 saturated heterocycles. The van der Waals surface area contributed by atoms with E-state index in [1.807, 2.05) is 0 Å². The van der Waals surface area contributed by atoms with Gasteiger partial charge in [0.1, 0.15) is 0 Å². The average molecular weight is 233 g/mol. The lowest BCUT2D eigenvalue weighted by Crippen LogP contribution is -2.30. The van der Waals surface area contributed by atoms with Gasteiger partial charge < -0.3 is 5.11 Å². The molecule has 0 aromatic rings. The van der Waals surface area contributed by atoms with Crippen LogP contribution in [0.3, 0.4) is 0 Å². The quantitative estimate of drug-likeness (QED) is 0.693. The van der Waals surface area contributed by atoms with Crippen LogP contribution in [-0.4, -0.2) is 42.6 Å². The molecular formula is C9H15NO4S. The lowest BCUT2D eigenvalue weighted by molar-refractivity contribution is -0.137. The Labute approximate surface area is 89.4 Å². The van der Waals surface area contributed by atoms with Crippen LogP contribution in [0, 0.1) is 5.92 Å². The smallest absolute Gasteiger partial charge is 0.303 e. The van der Waals surface area contributed by atoms with Gasteiger partial charge in [-0.2, -0.15) is 0 Å². The van der Waals surface area contributed by atoms with Gasteiger partial charge >= 0.3 is 5.97 Å². The topological polar surface area (TPSA) is 74.7 Å². The zero-order valence-corrected chi connectivity index (χ0v) is 9.24. The molecule has 0 aliphatic carbocycles. The van der Waals surface area contributed by atoms with Crippen LogP contribution in [-0.2, 0) is 14.8 Å². The second-order valence-corrected chi connectivity index (χ2v) is 5.69. The zero-order chi connectivity index (χ0) is 11.5. The van der Waals surface area contributed by atoms with Crippen LogP contribution in [0.15, 0.2) is 12.7 Å². The second kappa shape index (κ2) is 4.76. The molecule has 5 nitrogen and oxygen atoms in total. The molecule has 0 bridgehead atoms. The number of hydrogen-bond acceptors (Lipinski definition) is 3. The summed E-state index contributed by atoms with van der Waals surface area (Å²) in [5.41, 5.74) is 0. The maximum absolute atomic E-state index is 11.6. The Balaban J connectivity index is 2.56. The molecule has 1 aliphatic rings. The standard InChI is InChI=1S/C9H15NO4S/c1-2-5-15(13,14)10-4-3-8(7-10)6-9(11)12/h2,8H,1,3-7H2,(H,11,12). The number of carboxylic acids is 1. The summed E-state index contributed by atoms with van der Waals surface area (Å²) in [7, 11) is -3.26. The van der Waals surface area contributed by atoms with Crippen LogP contribution in [0.25, 0.3) is 0 Å². The van der Waals surface area contributed by atoms with E-state index >= 15 is 0 Å². The minimum atomic E-state index is -3.26. The van der Waals surface area contributed by atoms with E-state index in [1.54, 1.807) is 0 Å². The molecule has 15 heavy (non-hydrogen) atoms. The van der Waals surface area contributed by atoms with Crippen LogP contribution in [0.1, 0.15) is 12.8 Å². The number of aliphatic carboxylic acids is 1. The molecule has 0 aromatic carbocycles. The van der Waals surface area contributed by atoms with Crippen LogP contribution in [0.4, 0.5) is 0 Å². The van der Waals surface area contributed by atoms with Crippen molar-refractivity contribution in [2.45, 2.75) is 12.8 Å². The molecule has 1 rings (SSSR count). The summed E-state index contributed by atoms with van der Waals surface area (Å²) in [6.07, 6.45) is 2.02. The Morgan fingerprint density at radius 2 is 2.27 bits per heavy atom. The van der Waals surface area contributed by atoms with E-state index in [2.05, 4.69) is 6.58 Å². The molecule has 1 atom stereocenters. The molecule has 6 heteroatoms. The van der Waals surface area contributed by atoms with Gasteiger partial charge in [0.25, 0.3) is 0 Å². The summed E-state index contributed by atoms with van der Waals surface area (Å²) in [5.74, 6) is -1.00. The van der Waals surface area contributed by atoms with Gasteiger partial charge in [0.05, 0.1) is 5.75 Å². The Morgan fingerprint density at radius 1 is 1.60 bits per heavy atom. The molecular weight excluding hydrogens is 218 g/mol. The van der Waals surface area contributed by atoms with E-state index < -0.39 is 16.0 Å². The molecule has 1 N–H and O–H groups in total. The van der Waals surface area contributed by atoms with Gasteiger partial charge in [0.15, 0.2) is 0 Å². The van der Waals surface area contributed by atoms with Crippen molar-refractivity contribution in [3.63, 3.8) is 0 Å². The van der Waals surface area contributed by atoms with E-state index in [0.29, 0.717) is 19.5 Å². The highest BCUT2D eigenvalue weighted by Gasteiger charge is 2.31. The van der Waals surface area contributed by atoms with Crippen LogP contribution >= 0.6 is 0 Å². The molecule has 1 heterocycles. The maximum atomic E-state index is 11.6. The van der Waals surface area contributed by atoms with E-state index in [9.17, 15) is 13.2 Å². The second-order valence-electron chi connectivity index (χ2n) is 3.68. The van der Waals surface area contributed by atoms with Gasteiger partial charge in [0.2, 0.25) is 10.0 Å². The Bertz CT molecular complexity index is 349. The van der Waals surface area contributed by atoms with Crippen molar-refractivity contribution in [1.82, 2.24) is 4.31 Å². The first-order valence-corrected chi connectivity index (χ1v) is 6.37. The lowest BCUT2D eigenvalue weighted by Gasteiger charge is -2.14. The van der Waals surface area contributed by atoms with E-state index in [0.717, 1.165) is 0 Å². The monoisotopic (exact) mass is 233 g/mol. The van der Waals surface area contributed by atoms with Gasteiger partial charge in [-0.1, -0.05) is 6.08 Å². The first kappa shape index (κ1) is 12.2. The molecule has 0 aromatic heterocycles. The van der Waals surface area contributed by atoms with E-state index in [1.165, 1.54) is 10.4 Å². The van der Waals surface area contributed by atoms with Crippen LogP contribution in [0.5, 0.6) is 0 Å². The van der Waals surface area contributed by atoms with Crippen molar-refractivity contribution in [2.24, 2.45) is 5.92 Å². The predicted molar refractivity (Wildman–Crippen MR) is 55.9 cm³/mol. The Hall–Kier alpha value is -0.880. The largest absolute Gasteiger partial charge is 0.481 e. The summed E-state index contributed by atoms with van der Waals surface area (Å²) < 4.78 is 24.5. The van der Waals surface area contributed by atoms with Crippen LogP contribution in [0.2, 0.25) is 0 Å². The average Bonchev–Trinajstić information content (AvgIpc) is 2.51. The molecule has 1 aliphatic heterocycles. The molecule has 86 valence electrons. The highest BCUT2D eigenvalue weighted by atomic mass is 32.2. The normalized spacial score (nSPS) is 22.8. The van der Waals surface area contributed by atoms with Crippen LogP contribution < -0.4 is 0 Å². The number of nitrogens with zero attached hydrogens (tertiary/aromatic N) is 1. The van der Waals surface area contributed by atoms with Crippen molar-refractivity contribution >= 4 is 16.0 Å². The number of sulfonamides is 1. The minimum absolute atomic E-state index is 0.0418. The lowest BCUT2D eigenvalue weighted by atomic mass is 10.1. The van der Waals surface area contributed by atoms with Crippen molar-refractivity contribution in [3.8, 4) is 0 Å². The van der Waals surface area contributed by atoms with Gasteiger partial charge in [-0.15, -0.1) is 6.58 Å². The SMILES string of the molecule is C=CCS(=O)(=O)N1CCC(CC(=O)O)C1. The molecule has 0 saturated carbocycles. The van der Waals surface area contributed by atoms with Crippen molar-refractivity contribution < 1.29 is 18.3 Å². The Kier molecular flexibility index (Phi) is 3.87. The summed E-state index contributed by atoms with van der Waals surface area (Å²) >= 11 is 0. The van der Waals surface area contributed by atoms with Gasteiger partial charge in [-0.05, 0) is 12.3 Å². The van der Waals surface area contributed by atoms with Crippen molar-refractivity contribution in [3.05, 3.63) is 12.7 Å². The fourth-order valence-corrected chi connectivity index (χ4v) is 3.05. The fraction of sp³-hybridized carbons (Fsp3) is 0.667. The first-order chi connectivity index (χ1) is 6.95. The number of rotatable bonds is 5. The minimum Gasteiger partial charge on any atom is -0.481 e. The van der Waals surface area contributed by atoms with Gasteiger partial charge in [0, 0.05) is 19.5 Å². The fourth-order valence-electron chi connectivity index (χ4n) is 1.72. The first-order valence-electron chi connectivity index (χ1n) is 4.76. The third kappa shape index (κ3) is 3.32. The highest BCUT2D eigenvalue weighted by Crippen LogP contribution is 2.22. The third-order valence-corrected chi connectivity index (χ3v) is 4.21. The molecule has 0 radical (unpaired) electrons. The van der Waals surface area contributed by atoms with E-state index in [-0.39, 0.29) is 18.1 Å². The summed E-state index contributed by atoms with van der Waals surface area (Å²) in [6, 6.07) is 0. The molecule has 1 unspecified atom stereocenters. The van der Waals surface area contributed by atoms with Gasteiger partial charge in [-0.25, -0.2) is 12.7 Å². The van der Waals surface area contributed by atoms with E-state index in [4.69, 9.17) is 5.11 Å². The third-order valence-electron chi connectivity index (χ3n) is 2.43. The number of carbonyl (C=O) groups is 1. The number of hydrogen-bond donors (Lipinski definition) is 1. The summed E-state index contributed by atoms with van der Waals surface area (Å²) in [4.78, 5) is 10.5. The highest BCUT2D eigenvalue weighted by molar-refractivity contribution is 7.89. The van der Waals surface area contributed by atoms with Crippen molar-refractivity contribution in [1.29, 1.82) is 0 Å². The molecule has 1 fully saturated rings. The Morgan fingerprint density at radius 3 is 2.80 bits per heavy atom.